The van der Waals surface area contributed by atoms with Crippen LogP contribution in [0.25, 0.3) is 0 Å². The molecule has 0 spiro atoms. The standard InChI is InChI=1S/C34H26ClF3N6O4/c35-26-12-5-4-11-25(26)29(30(45)41-22-17-34(37,38)18-22)43(23-8-6-7-20(36)15-23)31(46)27-16-28(48-24-9-2-1-3-10-24)32(47)44(27)33-40-14-13-21(19-39)42-33/h1-15,22,27-29H,16-18H2,(H,41,45)/t27-,28+,29-/m0/s1. The minimum Gasteiger partial charge on any atom is -0.480 e. The third-order valence-corrected chi connectivity index (χ3v) is 8.35. The van der Waals surface area contributed by atoms with Crippen molar-refractivity contribution < 1.29 is 32.3 Å². The summed E-state index contributed by atoms with van der Waals surface area (Å²) in [5.74, 6) is -6.06. The van der Waals surface area contributed by atoms with Gasteiger partial charge in [-0.1, -0.05) is 54.1 Å². The van der Waals surface area contributed by atoms with E-state index in [0.29, 0.717) is 5.75 Å². The highest BCUT2D eigenvalue weighted by Gasteiger charge is 2.51. The Morgan fingerprint density at radius 2 is 1.79 bits per heavy atom. The van der Waals surface area contributed by atoms with Gasteiger partial charge in [-0.25, -0.2) is 23.1 Å². The minimum absolute atomic E-state index is 0.0699. The average molecular weight is 675 g/mol. The van der Waals surface area contributed by atoms with Crippen LogP contribution < -0.4 is 19.9 Å². The van der Waals surface area contributed by atoms with E-state index in [1.165, 1.54) is 36.5 Å². The molecule has 1 aliphatic carbocycles. The molecule has 2 fully saturated rings. The number of hydrogen-bond acceptors (Lipinski definition) is 7. The predicted molar refractivity (Wildman–Crippen MR) is 168 cm³/mol. The molecule has 3 aromatic carbocycles. The fourth-order valence-electron chi connectivity index (χ4n) is 5.78. The number of ether oxygens (including phenoxy) is 1. The Bertz CT molecular complexity index is 1900. The van der Waals surface area contributed by atoms with Crippen molar-refractivity contribution in [1.82, 2.24) is 15.3 Å². The second kappa shape index (κ2) is 13.3. The number of aromatic nitrogens is 2. The van der Waals surface area contributed by atoms with Crippen LogP contribution in [0.15, 0.2) is 91.1 Å². The first kappa shape index (κ1) is 32.5. The van der Waals surface area contributed by atoms with Crippen LogP contribution in [-0.4, -0.2) is 51.8 Å². The van der Waals surface area contributed by atoms with Gasteiger partial charge in [-0.15, -0.1) is 0 Å². The molecule has 14 heteroatoms. The summed E-state index contributed by atoms with van der Waals surface area (Å²) < 4.78 is 48.3. The number of hydrogen-bond donors (Lipinski definition) is 1. The molecule has 2 aliphatic rings. The lowest BCUT2D eigenvalue weighted by Crippen LogP contribution is -2.56. The summed E-state index contributed by atoms with van der Waals surface area (Å²) in [5, 5.41) is 12.1. The third-order valence-electron chi connectivity index (χ3n) is 8.01. The highest BCUT2D eigenvalue weighted by atomic mass is 35.5. The smallest absolute Gasteiger partial charge is 0.271 e. The molecule has 1 aliphatic heterocycles. The SMILES string of the molecule is N#Cc1ccnc(N2C(=O)[C@H](Oc3ccccc3)C[C@H]2C(=O)N(c2cccc(F)c2)[C@H](C(=O)NC2CC(F)(F)C2)c2ccccc2Cl)n1. The Morgan fingerprint density at radius 1 is 1.06 bits per heavy atom. The number of halogens is 4. The molecule has 3 amide bonds. The Balaban J connectivity index is 1.47. The number of nitrogens with one attached hydrogen (secondary N) is 1. The van der Waals surface area contributed by atoms with Crippen molar-refractivity contribution in [3.63, 3.8) is 0 Å². The van der Waals surface area contributed by atoms with Gasteiger partial charge < -0.3 is 10.1 Å². The van der Waals surface area contributed by atoms with Crippen LogP contribution in [0.1, 0.15) is 36.6 Å². The fraction of sp³-hybridized carbons (Fsp3) is 0.235. The maximum atomic E-state index is 14.9. The number of para-hydroxylation sites is 1. The van der Waals surface area contributed by atoms with Crippen LogP contribution in [0.4, 0.5) is 24.8 Å². The molecule has 0 radical (unpaired) electrons. The number of nitrogens with zero attached hydrogens (tertiary/aromatic N) is 5. The average Bonchev–Trinajstić information content (AvgIpc) is 3.38. The predicted octanol–water partition coefficient (Wildman–Crippen LogP) is 5.38. The molecule has 1 aromatic heterocycles. The van der Waals surface area contributed by atoms with Gasteiger partial charge in [0.1, 0.15) is 35.4 Å². The highest BCUT2D eigenvalue weighted by molar-refractivity contribution is 6.31. The highest BCUT2D eigenvalue weighted by Crippen LogP contribution is 2.40. The van der Waals surface area contributed by atoms with Crippen molar-refractivity contribution in [2.75, 3.05) is 9.80 Å². The van der Waals surface area contributed by atoms with Crippen molar-refractivity contribution in [3.05, 3.63) is 113 Å². The summed E-state index contributed by atoms with van der Waals surface area (Å²) in [4.78, 5) is 53.2. The summed E-state index contributed by atoms with van der Waals surface area (Å²) >= 11 is 6.57. The van der Waals surface area contributed by atoms with Crippen LogP contribution >= 0.6 is 11.6 Å². The van der Waals surface area contributed by atoms with E-state index in [-0.39, 0.29) is 34.3 Å². The summed E-state index contributed by atoms with van der Waals surface area (Å²) in [7, 11) is 0. The zero-order chi connectivity index (χ0) is 34.0. The van der Waals surface area contributed by atoms with Crippen LogP contribution in [0.2, 0.25) is 5.02 Å². The van der Waals surface area contributed by atoms with Crippen LogP contribution in [0.5, 0.6) is 5.75 Å². The molecule has 0 bridgehead atoms. The summed E-state index contributed by atoms with van der Waals surface area (Å²) in [6.45, 7) is 0. The van der Waals surface area contributed by atoms with Crippen molar-refractivity contribution in [3.8, 4) is 11.8 Å². The summed E-state index contributed by atoms with van der Waals surface area (Å²) in [5.41, 5.74) is -0.0411. The number of rotatable bonds is 9. The summed E-state index contributed by atoms with van der Waals surface area (Å²) in [6.07, 6.45) is -1.44. The van der Waals surface area contributed by atoms with E-state index in [0.717, 1.165) is 21.9 Å². The number of benzene rings is 3. The van der Waals surface area contributed by atoms with E-state index >= 15 is 0 Å². The molecule has 10 nitrogen and oxygen atoms in total. The van der Waals surface area contributed by atoms with Crippen LogP contribution in [0.3, 0.4) is 0 Å². The molecule has 4 aromatic rings. The fourth-order valence-corrected chi connectivity index (χ4v) is 6.02. The topological polar surface area (TPSA) is 129 Å². The van der Waals surface area contributed by atoms with Crippen molar-refractivity contribution in [2.24, 2.45) is 0 Å². The Kier molecular flexibility index (Phi) is 9.01. The van der Waals surface area contributed by atoms with E-state index in [4.69, 9.17) is 16.3 Å². The van der Waals surface area contributed by atoms with E-state index in [2.05, 4.69) is 15.3 Å². The molecule has 1 N–H and O–H groups in total. The Hall–Kier alpha value is -5.48. The lowest BCUT2D eigenvalue weighted by molar-refractivity contribution is -0.133. The van der Waals surface area contributed by atoms with Crippen molar-refractivity contribution >= 4 is 41.0 Å². The molecule has 2 heterocycles. The van der Waals surface area contributed by atoms with Crippen LogP contribution in [-0.2, 0) is 14.4 Å². The van der Waals surface area contributed by atoms with Gasteiger partial charge in [0.05, 0.1) is 0 Å². The van der Waals surface area contributed by atoms with Crippen molar-refractivity contribution in [2.45, 2.75) is 49.4 Å². The van der Waals surface area contributed by atoms with Gasteiger partial charge in [0, 0.05) is 47.8 Å². The lowest BCUT2D eigenvalue weighted by atomic mass is 9.87. The van der Waals surface area contributed by atoms with Gasteiger partial charge in [0.15, 0.2) is 6.10 Å². The molecule has 6 rings (SSSR count). The first-order valence-electron chi connectivity index (χ1n) is 14.8. The first-order valence-corrected chi connectivity index (χ1v) is 15.2. The largest absolute Gasteiger partial charge is 0.480 e. The minimum atomic E-state index is -2.95. The van der Waals surface area contributed by atoms with E-state index in [1.54, 1.807) is 42.5 Å². The molecule has 1 saturated carbocycles. The van der Waals surface area contributed by atoms with E-state index in [1.807, 2.05) is 6.07 Å². The zero-order valence-electron chi connectivity index (χ0n) is 25.0. The first-order chi connectivity index (χ1) is 23.0. The number of amides is 3. The lowest BCUT2D eigenvalue weighted by Gasteiger charge is -2.39. The number of carbonyl (C=O) groups excluding carboxylic acids is 3. The zero-order valence-corrected chi connectivity index (χ0v) is 25.7. The molecule has 0 unspecified atom stereocenters. The number of anilines is 2. The third kappa shape index (κ3) is 6.65. The van der Waals surface area contributed by atoms with Gasteiger partial charge in [-0.3, -0.25) is 24.2 Å². The van der Waals surface area contributed by atoms with Gasteiger partial charge in [0.2, 0.25) is 11.9 Å². The molecule has 244 valence electrons. The van der Waals surface area contributed by atoms with Gasteiger partial charge in [0.25, 0.3) is 17.7 Å². The number of carbonyl (C=O) groups is 3. The second-order valence-corrected chi connectivity index (χ2v) is 11.7. The molecular weight excluding hydrogens is 649 g/mol. The molecule has 3 atom stereocenters. The second-order valence-electron chi connectivity index (χ2n) is 11.3. The Morgan fingerprint density at radius 3 is 2.48 bits per heavy atom. The van der Waals surface area contributed by atoms with Crippen LogP contribution in [0, 0.1) is 17.1 Å². The molecule has 48 heavy (non-hydrogen) atoms. The maximum absolute atomic E-state index is 14.9. The monoisotopic (exact) mass is 674 g/mol. The van der Waals surface area contributed by atoms with Gasteiger partial charge in [-0.2, -0.15) is 5.26 Å². The van der Waals surface area contributed by atoms with E-state index in [9.17, 15) is 32.8 Å². The quantitative estimate of drug-likeness (QED) is 0.252. The van der Waals surface area contributed by atoms with Crippen molar-refractivity contribution in [1.29, 1.82) is 5.26 Å². The maximum Gasteiger partial charge on any atom is 0.271 e. The number of alkyl halides is 2. The number of nitriles is 1. The Labute approximate surface area is 277 Å². The molecule has 1 saturated heterocycles. The van der Waals surface area contributed by atoms with E-state index < -0.39 is 66.5 Å². The normalized spacial score (nSPS) is 19.1. The summed E-state index contributed by atoms with van der Waals surface area (Å²) in [6, 6.07) is 18.7. The molecular formula is C34H26ClF3N6O4. The van der Waals surface area contributed by atoms with Gasteiger partial charge >= 0.3 is 0 Å². The van der Waals surface area contributed by atoms with Gasteiger partial charge in [-0.05, 0) is 42.5 Å².